The van der Waals surface area contributed by atoms with Gasteiger partial charge in [-0.25, -0.2) is 0 Å². The molecule has 0 radical (unpaired) electrons. The fourth-order valence-electron chi connectivity index (χ4n) is 2.89. The van der Waals surface area contributed by atoms with Gasteiger partial charge in [0.1, 0.15) is 6.61 Å². The number of hydrogen-bond acceptors (Lipinski definition) is 3. The molecule has 0 saturated carbocycles. The fourth-order valence-corrected chi connectivity index (χ4v) is 2.98. The predicted molar refractivity (Wildman–Crippen MR) is 84.8 cm³/mol. The summed E-state index contributed by atoms with van der Waals surface area (Å²) in [5.74, 6) is -0.348. The quantitative estimate of drug-likeness (QED) is 0.621. The van der Waals surface area contributed by atoms with Gasteiger partial charge in [0, 0.05) is 12.3 Å². The third-order valence-corrected chi connectivity index (χ3v) is 4.09. The Morgan fingerprint density at radius 3 is 2.00 bits per heavy atom. The van der Waals surface area contributed by atoms with Gasteiger partial charge in [-0.1, -0.05) is 48.5 Å². The summed E-state index contributed by atoms with van der Waals surface area (Å²) in [7, 11) is 0. The maximum absolute atomic E-state index is 11.7. The van der Waals surface area contributed by atoms with Crippen LogP contribution in [0.25, 0.3) is 11.1 Å². The molecule has 0 atom stereocenters. The molecule has 0 heterocycles. The molecule has 4 heteroatoms. The lowest BCUT2D eigenvalue weighted by atomic mass is 9.98. The number of rotatable bonds is 5. The van der Waals surface area contributed by atoms with Crippen molar-refractivity contribution in [2.75, 3.05) is 6.61 Å². The van der Waals surface area contributed by atoms with Crippen molar-refractivity contribution in [1.82, 2.24) is 0 Å². The molecule has 0 spiro atoms. The van der Waals surface area contributed by atoms with Crippen molar-refractivity contribution in [3.8, 4) is 11.1 Å². The van der Waals surface area contributed by atoms with Gasteiger partial charge >= 0.3 is 5.97 Å². The van der Waals surface area contributed by atoms with Crippen LogP contribution in [0, 0.1) is 0 Å². The van der Waals surface area contributed by atoms with E-state index in [2.05, 4.69) is 24.3 Å². The second-order valence-corrected chi connectivity index (χ2v) is 5.69. The Bertz CT molecular complexity index is 678. The van der Waals surface area contributed by atoms with E-state index in [0.29, 0.717) is 0 Å². The van der Waals surface area contributed by atoms with E-state index in [1.807, 2.05) is 24.3 Å². The average Bonchev–Trinajstić information content (AvgIpc) is 2.85. The number of carbonyl (C=O) groups excluding carboxylic acids is 2. The minimum Gasteiger partial charge on any atom is -0.465 e. The van der Waals surface area contributed by atoms with Crippen molar-refractivity contribution in [3.63, 3.8) is 0 Å². The van der Waals surface area contributed by atoms with Gasteiger partial charge in [-0.15, -0.1) is 0 Å². The zero-order valence-electron chi connectivity index (χ0n) is 11.9. The molecule has 1 aliphatic rings. The molecular formula is C18H15ClO3. The molecule has 1 aliphatic carbocycles. The number of esters is 1. The van der Waals surface area contributed by atoms with Crippen molar-refractivity contribution < 1.29 is 14.3 Å². The molecular weight excluding hydrogens is 300 g/mol. The molecule has 0 N–H and O–H groups in total. The van der Waals surface area contributed by atoms with Crippen LogP contribution >= 0.6 is 11.6 Å². The number of benzene rings is 2. The van der Waals surface area contributed by atoms with Gasteiger partial charge in [0.15, 0.2) is 0 Å². The van der Waals surface area contributed by atoms with Gasteiger partial charge in [0.05, 0.1) is 6.42 Å². The largest absolute Gasteiger partial charge is 0.465 e. The first-order valence-corrected chi connectivity index (χ1v) is 7.57. The van der Waals surface area contributed by atoms with Gasteiger partial charge in [0.25, 0.3) is 0 Å². The van der Waals surface area contributed by atoms with Gasteiger partial charge < -0.3 is 4.74 Å². The van der Waals surface area contributed by atoms with Crippen molar-refractivity contribution in [1.29, 1.82) is 0 Å². The maximum atomic E-state index is 11.7. The predicted octanol–water partition coefficient (Wildman–Crippen LogP) is 3.89. The normalized spacial score (nSPS) is 12.6. The van der Waals surface area contributed by atoms with Gasteiger partial charge in [-0.3, -0.25) is 9.59 Å². The van der Waals surface area contributed by atoms with E-state index >= 15 is 0 Å². The van der Waals surface area contributed by atoms with E-state index < -0.39 is 11.2 Å². The molecule has 3 rings (SSSR count). The zero-order valence-corrected chi connectivity index (χ0v) is 12.7. The van der Waals surface area contributed by atoms with E-state index in [0.717, 1.165) is 0 Å². The molecule has 0 aliphatic heterocycles. The number of fused-ring (bicyclic) bond motifs is 3. The number of ether oxygens (including phenoxy) is 1. The lowest BCUT2D eigenvalue weighted by Crippen LogP contribution is -2.12. The molecule has 0 saturated heterocycles. The Kier molecular flexibility index (Phi) is 4.25. The summed E-state index contributed by atoms with van der Waals surface area (Å²) in [4.78, 5) is 22.4. The molecule has 22 heavy (non-hydrogen) atoms. The van der Waals surface area contributed by atoms with Gasteiger partial charge in [-0.05, 0) is 33.9 Å². The van der Waals surface area contributed by atoms with Gasteiger partial charge in [0.2, 0.25) is 5.24 Å². The Labute approximate surface area is 133 Å². The number of halogens is 1. The van der Waals surface area contributed by atoms with E-state index in [-0.39, 0.29) is 25.4 Å². The topological polar surface area (TPSA) is 43.4 Å². The molecule has 0 unspecified atom stereocenters. The molecule has 2 aromatic carbocycles. The molecule has 0 aromatic heterocycles. The van der Waals surface area contributed by atoms with Crippen LogP contribution in [0.1, 0.15) is 29.9 Å². The summed E-state index contributed by atoms with van der Waals surface area (Å²) in [6.07, 6.45) is 0.0383. The first-order valence-electron chi connectivity index (χ1n) is 7.19. The summed E-state index contributed by atoms with van der Waals surface area (Å²) in [6, 6.07) is 16.3. The van der Waals surface area contributed by atoms with Crippen LogP contribution in [-0.2, 0) is 14.3 Å². The van der Waals surface area contributed by atoms with Crippen LogP contribution in [0.2, 0.25) is 0 Å². The molecule has 0 amide bonds. The van der Waals surface area contributed by atoms with Gasteiger partial charge in [-0.2, -0.15) is 0 Å². The summed E-state index contributed by atoms with van der Waals surface area (Å²) in [5, 5.41) is -0.520. The Balaban J connectivity index is 1.77. The second kappa shape index (κ2) is 6.32. The van der Waals surface area contributed by atoms with E-state index in [1.54, 1.807) is 0 Å². The van der Waals surface area contributed by atoms with E-state index in [9.17, 15) is 9.59 Å². The standard InChI is InChI=1S/C18H15ClO3/c19-17(20)9-10-18(21)22-11-16-14-7-3-1-5-12(14)13-6-2-4-8-15(13)16/h1-8,16H,9-11H2. The lowest BCUT2D eigenvalue weighted by molar-refractivity contribution is -0.144. The third-order valence-electron chi connectivity index (χ3n) is 3.90. The minimum absolute atomic E-state index is 0.0121. The smallest absolute Gasteiger partial charge is 0.306 e. The Hall–Kier alpha value is -2.13. The van der Waals surface area contributed by atoms with Crippen LogP contribution in [-0.4, -0.2) is 17.8 Å². The van der Waals surface area contributed by atoms with E-state index in [1.165, 1.54) is 22.3 Å². The number of hydrogen-bond donors (Lipinski definition) is 0. The van der Waals surface area contributed by atoms with Crippen LogP contribution < -0.4 is 0 Å². The molecule has 0 fully saturated rings. The van der Waals surface area contributed by atoms with Crippen molar-refractivity contribution in [2.24, 2.45) is 0 Å². The third kappa shape index (κ3) is 2.90. The molecule has 3 nitrogen and oxygen atoms in total. The summed E-state index contributed by atoms with van der Waals surface area (Å²) in [6.45, 7) is 0.281. The summed E-state index contributed by atoms with van der Waals surface area (Å²) in [5.41, 5.74) is 4.72. The van der Waals surface area contributed by atoms with Crippen LogP contribution in [0.15, 0.2) is 48.5 Å². The first-order chi connectivity index (χ1) is 10.7. The molecule has 2 aromatic rings. The monoisotopic (exact) mass is 314 g/mol. The van der Waals surface area contributed by atoms with E-state index in [4.69, 9.17) is 16.3 Å². The Morgan fingerprint density at radius 1 is 0.909 bits per heavy atom. The lowest BCUT2D eigenvalue weighted by Gasteiger charge is -2.13. The highest BCUT2D eigenvalue weighted by Gasteiger charge is 2.28. The van der Waals surface area contributed by atoms with Crippen LogP contribution in [0.4, 0.5) is 0 Å². The molecule has 0 bridgehead atoms. The maximum Gasteiger partial charge on any atom is 0.306 e. The highest BCUT2D eigenvalue weighted by atomic mass is 35.5. The highest BCUT2D eigenvalue weighted by molar-refractivity contribution is 6.63. The van der Waals surface area contributed by atoms with Crippen molar-refractivity contribution >= 4 is 22.8 Å². The number of carbonyl (C=O) groups is 2. The SMILES string of the molecule is O=C(Cl)CCC(=O)OCC1c2ccccc2-c2ccccc21. The van der Waals surface area contributed by atoms with Crippen molar-refractivity contribution in [2.45, 2.75) is 18.8 Å². The summed E-state index contributed by atoms with van der Waals surface area (Å²) < 4.78 is 5.34. The second-order valence-electron chi connectivity index (χ2n) is 5.27. The Morgan fingerprint density at radius 2 is 1.45 bits per heavy atom. The fraction of sp³-hybridized carbons (Fsp3) is 0.222. The van der Waals surface area contributed by atoms with Crippen molar-refractivity contribution in [3.05, 3.63) is 59.7 Å². The van der Waals surface area contributed by atoms with Crippen LogP contribution in [0.5, 0.6) is 0 Å². The first kappa shape index (κ1) is 14.8. The summed E-state index contributed by atoms with van der Waals surface area (Å²) >= 11 is 5.24. The minimum atomic E-state index is -0.520. The highest BCUT2D eigenvalue weighted by Crippen LogP contribution is 2.44. The molecule has 112 valence electrons. The zero-order chi connectivity index (χ0) is 15.5. The van der Waals surface area contributed by atoms with Crippen LogP contribution in [0.3, 0.4) is 0 Å². The average molecular weight is 315 g/mol.